The monoisotopic (exact) mass is 397 g/mol. The molecule has 0 aromatic heterocycles. The molecule has 2 N–H and O–H groups in total. The molecule has 0 heterocycles. The lowest BCUT2D eigenvalue weighted by molar-refractivity contribution is -0.145. The Balaban J connectivity index is 3.52. The zero-order valence-electron chi connectivity index (χ0n) is 19.5. The highest BCUT2D eigenvalue weighted by Gasteiger charge is 2.26. The Morgan fingerprint density at radius 1 is 0.679 bits per heavy atom. The van der Waals surface area contributed by atoms with Crippen molar-refractivity contribution in [2.45, 2.75) is 148 Å². The van der Waals surface area contributed by atoms with Gasteiger partial charge in [0.15, 0.2) is 0 Å². The summed E-state index contributed by atoms with van der Waals surface area (Å²) in [7, 11) is 0. The number of rotatable bonds is 21. The molecule has 28 heavy (non-hydrogen) atoms. The molecule has 0 radical (unpaired) electrons. The van der Waals surface area contributed by atoms with Gasteiger partial charge in [-0.3, -0.25) is 4.79 Å². The Kier molecular flexibility index (Phi) is 19.3. The standard InChI is InChI=1S/C25H51NO2/c1-4-7-9-10-11-12-13-14-15-16-17-18-19-20-21-25(26,6-3)23-24(27)28-22-8-5-2/h4-23,26H2,1-3H3. The molecule has 0 spiro atoms. The van der Waals surface area contributed by atoms with E-state index in [0.717, 1.165) is 32.1 Å². The van der Waals surface area contributed by atoms with Crippen LogP contribution in [0.4, 0.5) is 0 Å². The third-order valence-corrected chi connectivity index (χ3v) is 5.99. The summed E-state index contributed by atoms with van der Waals surface area (Å²) in [5.74, 6) is -0.122. The summed E-state index contributed by atoms with van der Waals surface area (Å²) in [4.78, 5) is 11.9. The smallest absolute Gasteiger partial charge is 0.307 e. The van der Waals surface area contributed by atoms with E-state index in [2.05, 4.69) is 20.8 Å². The van der Waals surface area contributed by atoms with E-state index >= 15 is 0 Å². The van der Waals surface area contributed by atoms with Gasteiger partial charge in [-0.1, -0.05) is 117 Å². The molecule has 0 saturated heterocycles. The van der Waals surface area contributed by atoms with Crippen LogP contribution >= 0.6 is 0 Å². The number of carbonyl (C=O) groups is 1. The summed E-state index contributed by atoms with van der Waals surface area (Å²) < 4.78 is 5.29. The normalized spacial score (nSPS) is 13.4. The quantitative estimate of drug-likeness (QED) is 0.159. The largest absolute Gasteiger partial charge is 0.466 e. The van der Waals surface area contributed by atoms with Gasteiger partial charge in [0, 0.05) is 5.54 Å². The molecule has 168 valence electrons. The molecule has 3 nitrogen and oxygen atoms in total. The molecular formula is C25H51NO2. The molecule has 1 unspecified atom stereocenters. The first-order chi connectivity index (χ1) is 13.6. The highest BCUT2D eigenvalue weighted by atomic mass is 16.5. The lowest BCUT2D eigenvalue weighted by Crippen LogP contribution is -2.41. The number of nitrogens with two attached hydrogens (primary N) is 1. The summed E-state index contributed by atoms with van der Waals surface area (Å²) >= 11 is 0. The molecule has 1 atom stereocenters. The highest BCUT2D eigenvalue weighted by molar-refractivity contribution is 5.70. The van der Waals surface area contributed by atoms with E-state index < -0.39 is 0 Å². The van der Waals surface area contributed by atoms with Crippen LogP contribution in [0.3, 0.4) is 0 Å². The fourth-order valence-corrected chi connectivity index (χ4v) is 3.73. The maximum Gasteiger partial charge on any atom is 0.307 e. The predicted molar refractivity (Wildman–Crippen MR) is 123 cm³/mol. The van der Waals surface area contributed by atoms with Crippen molar-refractivity contribution in [3.63, 3.8) is 0 Å². The van der Waals surface area contributed by atoms with Gasteiger partial charge in [-0.05, 0) is 19.3 Å². The minimum Gasteiger partial charge on any atom is -0.466 e. The molecular weight excluding hydrogens is 346 g/mol. The van der Waals surface area contributed by atoms with Crippen molar-refractivity contribution in [2.75, 3.05) is 6.61 Å². The number of esters is 1. The molecule has 0 fully saturated rings. The molecule has 0 rings (SSSR count). The zero-order valence-corrected chi connectivity index (χ0v) is 19.5. The highest BCUT2D eigenvalue weighted by Crippen LogP contribution is 2.22. The minimum atomic E-state index is -0.375. The Bertz CT molecular complexity index is 345. The number of ether oxygens (including phenoxy) is 1. The van der Waals surface area contributed by atoms with Crippen molar-refractivity contribution < 1.29 is 9.53 Å². The third-order valence-electron chi connectivity index (χ3n) is 5.99. The van der Waals surface area contributed by atoms with E-state index in [1.54, 1.807) is 0 Å². The number of hydrogen-bond acceptors (Lipinski definition) is 3. The van der Waals surface area contributed by atoms with E-state index in [9.17, 15) is 4.79 Å². The summed E-state index contributed by atoms with van der Waals surface area (Å²) in [6, 6.07) is 0. The van der Waals surface area contributed by atoms with Crippen LogP contribution in [0.15, 0.2) is 0 Å². The van der Waals surface area contributed by atoms with Crippen molar-refractivity contribution >= 4 is 5.97 Å². The maximum absolute atomic E-state index is 11.9. The second-order valence-electron chi connectivity index (χ2n) is 8.81. The molecule has 0 bridgehead atoms. The molecule has 0 aromatic carbocycles. The topological polar surface area (TPSA) is 52.3 Å². The van der Waals surface area contributed by atoms with Crippen LogP contribution in [0.5, 0.6) is 0 Å². The lowest BCUT2D eigenvalue weighted by Gasteiger charge is -2.27. The first-order valence-corrected chi connectivity index (χ1v) is 12.5. The van der Waals surface area contributed by atoms with Crippen LogP contribution < -0.4 is 5.73 Å². The lowest BCUT2D eigenvalue weighted by atomic mass is 9.87. The second kappa shape index (κ2) is 19.7. The fraction of sp³-hybridized carbons (Fsp3) is 0.960. The van der Waals surface area contributed by atoms with Crippen LogP contribution in [0, 0.1) is 0 Å². The van der Waals surface area contributed by atoms with Crippen molar-refractivity contribution in [1.82, 2.24) is 0 Å². The zero-order chi connectivity index (χ0) is 20.9. The van der Waals surface area contributed by atoms with Gasteiger partial charge in [-0.25, -0.2) is 0 Å². The SMILES string of the molecule is CCCCCCCCCCCCCCCCC(N)(CC)CC(=O)OCCCC. The first-order valence-electron chi connectivity index (χ1n) is 12.5. The van der Waals surface area contributed by atoms with Gasteiger partial charge in [0.25, 0.3) is 0 Å². The first kappa shape index (κ1) is 27.4. The number of unbranched alkanes of at least 4 members (excludes halogenated alkanes) is 14. The minimum absolute atomic E-state index is 0.122. The molecule has 0 aliphatic rings. The number of hydrogen-bond donors (Lipinski definition) is 1. The van der Waals surface area contributed by atoms with Crippen molar-refractivity contribution in [3.05, 3.63) is 0 Å². The average Bonchev–Trinajstić information content (AvgIpc) is 2.68. The Labute approximate surface area is 176 Å². The van der Waals surface area contributed by atoms with Gasteiger partial charge in [-0.2, -0.15) is 0 Å². The van der Waals surface area contributed by atoms with Gasteiger partial charge in [0.2, 0.25) is 0 Å². The van der Waals surface area contributed by atoms with E-state index in [-0.39, 0.29) is 11.5 Å². The third kappa shape index (κ3) is 17.5. The van der Waals surface area contributed by atoms with Crippen LogP contribution in [0.1, 0.15) is 143 Å². The molecule has 0 aliphatic heterocycles. The molecule has 0 amide bonds. The van der Waals surface area contributed by atoms with E-state index in [1.807, 2.05) is 0 Å². The van der Waals surface area contributed by atoms with Crippen LogP contribution in [0.25, 0.3) is 0 Å². The van der Waals surface area contributed by atoms with E-state index in [1.165, 1.54) is 83.5 Å². The van der Waals surface area contributed by atoms with Gasteiger partial charge in [-0.15, -0.1) is 0 Å². The van der Waals surface area contributed by atoms with Gasteiger partial charge in [0.1, 0.15) is 0 Å². The summed E-state index contributed by atoms with van der Waals surface area (Å²) in [6.45, 7) is 7.00. The Morgan fingerprint density at radius 2 is 1.11 bits per heavy atom. The molecule has 0 saturated carbocycles. The summed E-state index contributed by atoms with van der Waals surface area (Å²) in [5.41, 5.74) is 6.07. The van der Waals surface area contributed by atoms with Crippen molar-refractivity contribution in [2.24, 2.45) is 5.73 Å². The van der Waals surface area contributed by atoms with Crippen molar-refractivity contribution in [1.29, 1.82) is 0 Å². The summed E-state index contributed by atoms with van der Waals surface area (Å²) in [6.07, 6.45) is 23.2. The maximum atomic E-state index is 11.9. The molecule has 0 aliphatic carbocycles. The van der Waals surface area contributed by atoms with E-state index in [0.29, 0.717) is 13.0 Å². The van der Waals surface area contributed by atoms with Gasteiger partial charge >= 0.3 is 5.97 Å². The van der Waals surface area contributed by atoms with Gasteiger partial charge < -0.3 is 10.5 Å². The van der Waals surface area contributed by atoms with Crippen LogP contribution in [-0.4, -0.2) is 18.1 Å². The Hall–Kier alpha value is -0.570. The number of carbonyl (C=O) groups excluding carboxylic acids is 1. The Morgan fingerprint density at radius 3 is 1.54 bits per heavy atom. The van der Waals surface area contributed by atoms with Crippen molar-refractivity contribution in [3.8, 4) is 0 Å². The van der Waals surface area contributed by atoms with Gasteiger partial charge in [0.05, 0.1) is 13.0 Å². The predicted octanol–water partition coefficient (Wildman–Crippen LogP) is 7.70. The van der Waals surface area contributed by atoms with Crippen LogP contribution in [-0.2, 0) is 9.53 Å². The second-order valence-corrected chi connectivity index (χ2v) is 8.81. The van der Waals surface area contributed by atoms with E-state index in [4.69, 9.17) is 10.5 Å². The molecule has 0 aromatic rings. The van der Waals surface area contributed by atoms with Crippen LogP contribution in [0.2, 0.25) is 0 Å². The molecule has 3 heteroatoms. The summed E-state index contributed by atoms with van der Waals surface area (Å²) in [5, 5.41) is 0. The fourth-order valence-electron chi connectivity index (χ4n) is 3.73. The average molecular weight is 398 g/mol.